The first-order chi connectivity index (χ1) is 12.8. The van der Waals surface area contributed by atoms with Crippen LogP contribution in [0.3, 0.4) is 0 Å². The Morgan fingerprint density at radius 3 is 1.38 bits per heavy atom. The molecule has 0 aromatic carbocycles. The van der Waals surface area contributed by atoms with E-state index in [2.05, 4.69) is 31.2 Å². The lowest BCUT2D eigenvalue weighted by Crippen LogP contribution is -2.06. The zero-order valence-electron chi connectivity index (χ0n) is 17.3. The van der Waals surface area contributed by atoms with Gasteiger partial charge in [0.05, 0.1) is 0 Å². The van der Waals surface area contributed by atoms with Crippen LogP contribution < -0.4 is 0 Å². The Hall–Kier alpha value is -0.890. The number of unbranched alkanes of at least 4 members (excludes halogenated alkanes) is 13. The number of rotatable bonds is 20. The third kappa shape index (κ3) is 21.2. The van der Waals surface area contributed by atoms with Gasteiger partial charge in [0.25, 0.3) is 0 Å². The predicted octanol–water partition coefficient (Wildman–Crippen LogP) is 7.31. The average Bonchev–Trinajstić information content (AvgIpc) is 2.66. The molecule has 0 aliphatic heterocycles. The van der Waals surface area contributed by atoms with Crippen LogP contribution in [0.2, 0.25) is 0 Å². The summed E-state index contributed by atoms with van der Waals surface area (Å²) < 4.78 is 0. The number of carbonyl (C=O) groups is 1. The molecule has 0 aliphatic carbocycles. The Balaban J connectivity index is 3.17. The number of allylic oxidation sites excluding steroid dienone is 4. The van der Waals surface area contributed by atoms with Crippen molar-refractivity contribution in [2.24, 2.45) is 0 Å². The van der Waals surface area contributed by atoms with Gasteiger partial charge in [0.1, 0.15) is 12.4 Å². The number of aliphatic hydroxyl groups excluding tert-OH is 1. The van der Waals surface area contributed by atoms with Gasteiger partial charge in [-0.25, -0.2) is 0 Å². The highest BCUT2D eigenvalue weighted by atomic mass is 16.3. The smallest absolute Gasteiger partial charge is 0.148 e. The Bertz CT molecular complexity index is 333. The van der Waals surface area contributed by atoms with E-state index in [0.29, 0.717) is 12.7 Å². The lowest BCUT2D eigenvalue weighted by molar-refractivity contribution is -0.115. The maximum absolute atomic E-state index is 10.3. The highest BCUT2D eigenvalue weighted by Gasteiger charge is 1.99. The number of hydrogen-bond donors (Lipinski definition) is 1. The summed E-state index contributed by atoms with van der Waals surface area (Å²) in [4.78, 5) is 10.3. The van der Waals surface area contributed by atoms with Crippen molar-refractivity contribution >= 4 is 6.29 Å². The number of aliphatic hydroxyl groups is 1. The van der Waals surface area contributed by atoms with E-state index in [-0.39, 0.29) is 0 Å². The molecular weight excluding hydrogens is 320 g/mol. The van der Waals surface area contributed by atoms with Gasteiger partial charge in [0, 0.05) is 0 Å². The molecule has 152 valence electrons. The van der Waals surface area contributed by atoms with Crippen molar-refractivity contribution < 1.29 is 9.90 Å². The van der Waals surface area contributed by atoms with E-state index in [4.69, 9.17) is 5.11 Å². The third-order valence-corrected chi connectivity index (χ3v) is 4.83. The molecule has 0 saturated heterocycles. The highest BCUT2D eigenvalue weighted by Crippen LogP contribution is 2.10. The van der Waals surface area contributed by atoms with Gasteiger partial charge in [-0.05, 0) is 57.8 Å². The predicted molar refractivity (Wildman–Crippen MR) is 115 cm³/mol. The van der Waals surface area contributed by atoms with Crippen molar-refractivity contribution in [3.05, 3.63) is 24.3 Å². The maximum Gasteiger partial charge on any atom is 0.148 e. The van der Waals surface area contributed by atoms with Crippen LogP contribution in [0.4, 0.5) is 0 Å². The van der Waals surface area contributed by atoms with Crippen molar-refractivity contribution in [1.82, 2.24) is 0 Å². The molecule has 0 radical (unpaired) electrons. The van der Waals surface area contributed by atoms with Crippen molar-refractivity contribution in [2.45, 2.75) is 122 Å². The van der Waals surface area contributed by atoms with Gasteiger partial charge < -0.3 is 9.90 Å². The van der Waals surface area contributed by atoms with Gasteiger partial charge in [-0.15, -0.1) is 0 Å². The van der Waals surface area contributed by atoms with Crippen LogP contribution in [0.15, 0.2) is 24.3 Å². The topological polar surface area (TPSA) is 37.3 Å². The zero-order chi connectivity index (χ0) is 19.1. The number of hydrogen-bond acceptors (Lipinski definition) is 2. The summed E-state index contributed by atoms with van der Waals surface area (Å²) in [5.41, 5.74) is 0. The Morgan fingerprint density at radius 1 is 0.615 bits per heavy atom. The van der Waals surface area contributed by atoms with E-state index in [1.165, 1.54) is 77.0 Å². The monoisotopic (exact) mass is 364 g/mol. The van der Waals surface area contributed by atoms with Gasteiger partial charge in [-0.3, -0.25) is 0 Å². The molecule has 0 aromatic heterocycles. The SMILES string of the molecule is CCCCCCC/C=C/CCCCCC/C=C/CCCCCC(O)C=O. The minimum Gasteiger partial charge on any atom is -0.386 e. The number of carbonyl (C=O) groups excluding carboxylic acids is 1. The van der Waals surface area contributed by atoms with E-state index >= 15 is 0 Å². The lowest BCUT2D eigenvalue weighted by Gasteiger charge is -2.01. The molecule has 0 saturated carbocycles. The van der Waals surface area contributed by atoms with Gasteiger partial charge in [-0.2, -0.15) is 0 Å². The summed E-state index contributed by atoms with van der Waals surface area (Å²) in [5.74, 6) is 0. The van der Waals surface area contributed by atoms with Crippen LogP contribution in [0.1, 0.15) is 116 Å². The molecular formula is C24H44O2. The molecule has 2 heteroatoms. The first kappa shape index (κ1) is 25.1. The maximum atomic E-state index is 10.3. The summed E-state index contributed by atoms with van der Waals surface area (Å²) in [6.45, 7) is 2.27. The fourth-order valence-corrected chi connectivity index (χ4v) is 3.08. The van der Waals surface area contributed by atoms with Gasteiger partial charge in [0.15, 0.2) is 0 Å². The van der Waals surface area contributed by atoms with Gasteiger partial charge in [0.2, 0.25) is 0 Å². The Kier molecular flexibility index (Phi) is 21.4. The quantitative estimate of drug-likeness (QED) is 0.140. The van der Waals surface area contributed by atoms with E-state index in [1.54, 1.807) is 0 Å². The molecule has 0 aliphatic rings. The molecule has 1 N–H and O–H groups in total. The summed E-state index contributed by atoms with van der Waals surface area (Å²) in [6, 6.07) is 0. The molecule has 0 spiro atoms. The minimum atomic E-state index is -0.753. The van der Waals surface area contributed by atoms with Crippen molar-refractivity contribution in [2.75, 3.05) is 0 Å². The fraction of sp³-hybridized carbons (Fsp3) is 0.792. The Labute approximate surface area is 163 Å². The average molecular weight is 365 g/mol. The first-order valence-corrected chi connectivity index (χ1v) is 11.2. The van der Waals surface area contributed by atoms with E-state index < -0.39 is 6.10 Å². The summed E-state index contributed by atoms with van der Waals surface area (Å²) in [5, 5.41) is 9.12. The van der Waals surface area contributed by atoms with Crippen LogP contribution in [-0.4, -0.2) is 17.5 Å². The highest BCUT2D eigenvalue weighted by molar-refractivity contribution is 5.55. The fourth-order valence-electron chi connectivity index (χ4n) is 3.08. The second-order valence-electron chi connectivity index (χ2n) is 7.48. The van der Waals surface area contributed by atoms with Crippen LogP contribution >= 0.6 is 0 Å². The summed E-state index contributed by atoms with van der Waals surface area (Å²) in [6.07, 6.45) is 30.2. The second kappa shape index (κ2) is 22.2. The molecule has 2 nitrogen and oxygen atoms in total. The standard InChI is InChI=1S/C24H44O2/c1-2-3-4-5-6-7-8-9-10-11-12-13-14-15-16-17-18-19-20-21-22-24(26)23-25/h8-9,16-17,23-24,26H,2-7,10-15,18-22H2,1H3/b9-8+,17-16+. The van der Waals surface area contributed by atoms with E-state index in [1.807, 2.05) is 0 Å². The molecule has 0 aromatic rings. The molecule has 0 rings (SSSR count). The van der Waals surface area contributed by atoms with Gasteiger partial charge >= 0.3 is 0 Å². The van der Waals surface area contributed by atoms with E-state index in [9.17, 15) is 4.79 Å². The molecule has 1 unspecified atom stereocenters. The first-order valence-electron chi connectivity index (χ1n) is 11.2. The van der Waals surface area contributed by atoms with E-state index in [0.717, 1.165) is 25.7 Å². The second-order valence-corrected chi connectivity index (χ2v) is 7.48. The molecule has 0 heterocycles. The van der Waals surface area contributed by atoms with Crippen molar-refractivity contribution in [3.63, 3.8) is 0 Å². The third-order valence-electron chi connectivity index (χ3n) is 4.83. The normalized spacial score (nSPS) is 13.0. The minimum absolute atomic E-state index is 0.612. The molecule has 1 atom stereocenters. The molecule has 0 bridgehead atoms. The van der Waals surface area contributed by atoms with Gasteiger partial charge in [-0.1, -0.05) is 82.6 Å². The van der Waals surface area contributed by atoms with Crippen LogP contribution in [-0.2, 0) is 4.79 Å². The van der Waals surface area contributed by atoms with Crippen molar-refractivity contribution in [1.29, 1.82) is 0 Å². The number of aldehydes is 1. The van der Waals surface area contributed by atoms with Crippen LogP contribution in [0, 0.1) is 0 Å². The zero-order valence-corrected chi connectivity index (χ0v) is 17.3. The lowest BCUT2D eigenvalue weighted by atomic mass is 10.1. The summed E-state index contributed by atoms with van der Waals surface area (Å²) >= 11 is 0. The van der Waals surface area contributed by atoms with Crippen molar-refractivity contribution in [3.8, 4) is 0 Å². The largest absolute Gasteiger partial charge is 0.386 e. The molecule has 0 fully saturated rings. The molecule has 26 heavy (non-hydrogen) atoms. The molecule has 0 amide bonds. The Morgan fingerprint density at radius 2 is 1.00 bits per heavy atom. The van der Waals surface area contributed by atoms with Crippen LogP contribution in [0.25, 0.3) is 0 Å². The van der Waals surface area contributed by atoms with Crippen LogP contribution in [0.5, 0.6) is 0 Å². The summed E-state index contributed by atoms with van der Waals surface area (Å²) in [7, 11) is 0.